The van der Waals surface area contributed by atoms with Crippen molar-refractivity contribution in [1.29, 1.82) is 0 Å². The Morgan fingerprint density at radius 1 is 1.09 bits per heavy atom. The fourth-order valence-electron chi connectivity index (χ4n) is 2.08. The molecule has 0 saturated heterocycles. The molecule has 2 aromatic rings. The van der Waals surface area contributed by atoms with Crippen LogP contribution in [0.5, 0.6) is 0 Å². The highest BCUT2D eigenvalue weighted by Gasteiger charge is 2.11. The summed E-state index contributed by atoms with van der Waals surface area (Å²) in [5.74, 6) is -0.541. The number of halogens is 1. The maximum atomic E-state index is 13.1. The van der Waals surface area contributed by atoms with Crippen molar-refractivity contribution in [3.8, 4) is 0 Å². The first-order valence-corrected chi connectivity index (χ1v) is 8.89. The Kier molecular flexibility index (Phi) is 5.50. The zero-order valence-corrected chi connectivity index (χ0v) is 13.6. The maximum absolute atomic E-state index is 13.1. The largest absolute Gasteiger partial charge is 0.352 e. The summed E-state index contributed by atoms with van der Waals surface area (Å²) in [6, 6.07) is 12.3. The molecule has 0 aliphatic heterocycles. The molecule has 1 amide bonds. The van der Waals surface area contributed by atoms with Crippen LogP contribution in [0.2, 0.25) is 0 Å². The predicted molar refractivity (Wildman–Crippen MR) is 86.1 cm³/mol. The molecule has 4 nitrogen and oxygen atoms in total. The fraction of sp³-hybridized carbons (Fsp3) is 0.235. The van der Waals surface area contributed by atoms with Crippen LogP contribution in [-0.4, -0.2) is 20.1 Å². The van der Waals surface area contributed by atoms with E-state index in [1.807, 2.05) is 0 Å². The van der Waals surface area contributed by atoms with Crippen LogP contribution in [-0.2, 0) is 27.6 Å². The van der Waals surface area contributed by atoms with Gasteiger partial charge in [-0.15, -0.1) is 0 Å². The second-order valence-electron chi connectivity index (χ2n) is 5.13. The number of hydrogen-bond donors (Lipinski definition) is 1. The van der Waals surface area contributed by atoms with Gasteiger partial charge in [-0.3, -0.25) is 4.79 Å². The molecular weight excluding hydrogens is 317 g/mol. The van der Waals surface area contributed by atoms with Gasteiger partial charge in [-0.05, 0) is 35.4 Å². The molecule has 2 aromatic carbocycles. The van der Waals surface area contributed by atoms with E-state index in [2.05, 4.69) is 5.32 Å². The topological polar surface area (TPSA) is 63.2 Å². The lowest BCUT2D eigenvalue weighted by atomic mass is 10.1. The van der Waals surface area contributed by atoms with Crippen LogP contribution in [0.3, 0.4) is 0 Å². The molecule has 0 atom stereocenters. The Morgan fingerprint density at radius 3 is 2.39 bits per heavy atom. The molecule has 0 fully saturated rings. The van der Waals surface area contributed by atoms with Crippen molar-refractivity contribution in [3.63, 3.8) is 0 Å². The molecule has 2 rings (SSSR count). The van der Waals surface area contributed by atoms with Gasteiger partial charge in [0.15, 0.2) is 9.84 Å². The molecule has 6 heteroatoms. The van der Waals surface area contributed by atoms with Gasteiger partial charge in [0.25, 0.3) is 0 Å². The predicted octanol–water partition coefficient (Wildman–Crippen LogP) is 2.48. The molecule has 0 aliphatic carbocycles. The highest BCUT2D eigenvalue weighted by Crippen LogP contribution is 2.12. The van der Waals surface area contributed by atoms with Crippen LogP contribution in [0.25, 0.3) is 0 Å². The first-order valence-electron chi connectivity index (χ1n) is 7.23. The van der Waals surface area contributed by atoms with Gasteiger partial charge < -0.3 is 5.32 Å². The maximum Gasteiger partial charge on any atom is 0.224 e. The first-order chi connectivity index (χ1) is 10.9. The third-order valence-electron chi connectivity index (χ3n) is 3.41. The van der Waals surface area contributed by atoms with Crippen molar-refractivity contribution in [2.24, 2.45) is 0 Å². The lowest BCUT2D eigenvalue weighted by Gasteiger charge is -2.07. The Balaban J connectivity index is 1.92. The summed E-state index contributed by atoms with van der Waals surface area (Å²) in [5.41, 5.74) is 1.40. The average molecular weight is 335 g/mol. The van der Waals surface area contributed by atoms with Gasteiger partial charge in [-0.1, -0.05) is 31.2 Å². The van der Waals surface area contributed by atoms with Crippen LogP contribution >= 0.6 is 0 Å². The Bertz CT molecular complexity index is 786. The molecule has 0 radical (unpaired) electrons. The molecule has 23 heavy (non-hydrogen) atoms. The summed E-state index contributed by atoms with van der Waals surface area (Å²) in [5, 5.41) is 2.73. The second kappa shape index (κ2) is 7.37. The Hall–Kier alpha value is -2.21. The number of carbonyl (C=O) groups excluding carboxylic acids is 1. The monoisotopic (exact) mass is 335 g/mol. The van der Waals surface area contributed by atoms with Crippen molar-refractivity contribution in [2.45, 2.75) is 24.8 Å². The number of hydrogen-bond acceptors (Lipinski definition) is 3. The molecule has 0 heterocycles. The summed E-state index contributed by atoms with van der Waals surface area (Å²) < 4.78 is 36.5. The lowest BCUT2D eigenvalue weighted by Crippen LogP contribution is -2.24. The minimum absolute atomic E-state index is 0.0523. The van der Waals surface area contributed by atoms with E-state index in [9.17, 15) is 17.6 Å². The van der Waals surface area contributed by atoms with E-state index in [4.69, 9.17) is 0 Å². The quantitative estimate of drug-likeness (QED) is 0.882. The van der Waals surface area contributed by atoms with Gasteiger partial charge in [-0.2, -0.15) is 0 Å². The zero-order chi connectivity index (χ0) is 16.9. The number of amides is 1. The van der Waals surface area contributed by atoms with Crippen molar-refractivity contribution >= 4 is 15.7 Å². The standard InChI is InChI=1S/C17H18FNO3S/c1-2-23(21,22)16-8-6-13(7-9-16)12-19-17(20)11-14-4-3-5-15(18)10-14/h3-10H,2,11-12H2,1H3,(H,19,20). The van der Waals surface area contributed by atoms with Crippen LogP contribution in [0, 0.1) is 5.82 Å². The van der Waals surface area contributed by atoms with Crippen LogP contribution < -0.4 is 5.32 Å². The van der Waals surface area contributed by atoms with Crippen LogP contribution in [0.4, 0.5) is 4.39 Å². The van der Waals surface area contributed by atoms with Crippen molar-refractivity contribution in [3.05, 3.63) is 65.5 Å². The third kappa shape index (κ3) is 4.89. The number of benzene rings is 2. The Morgan fingerprint density at radius 2 is 1.78 bits per heavy atom. The summed E-state index contributed by atoms with van der Waals surface area (Å²) in [4.78, 5) is 12.1. The van der Waals surface area contributed by atoms with E-state index in [1.54, 1.807) is 31.2 Å². The van der Waals surface area contributed by atoms with Crippen molar-refractivity contribution in [2.75, 3.05) is 5.75 Å². The highest BCUT2D eigenvalue weighted by atomic mass is 32.2. The Labute approximate surface area is 135 Å². The van der Waals surface area contributed by atoms with Crippen molar-refractivity contribution in [1.82, 2.24) is 5.32 Å². The number of carbonyl (C=O) groups is 1. The first kappa shape index (κ1) is 17.1. The number of rotatable bonds is 6. The summed E-state index contributed by atoms with van der Waals surface area (Å²) >= 11 is 0. The van der Waals surface area contributed by atoms with Gasteiger partial charge >= 0.3 is 0 Å². The lowest BCUT2D eigenvalue weighted by molar-refractivity contribution is -0.120. The van der Waals surface area contributed by atoms with E-state index in [-0.39, 0.29) is 28.8 Å². The summed E-state index contributed by atoms with van der Waals surface area (Å²) in [7, 11) is -3.21. The summed E-state index contributed by atoms with van der Waals surface area (Å²) in [6.45, 7) is 1.89. The van der Waals surface area contributed by atoms with Gasteiger partial charge in [0.05, 0.1) is 17.1 Å². The molecule has 1 N–H and O–H groups in total. The fourth-order valence-corrected chi connectivity index (χ4v) is 2.96. The minimum atomic E-state index is -3.21. The normalized spacial score (nSPS) is 11.2. The summed E-state index contributed by atoms with van der Waals surface area (Å²) in [6.07, 6.45) is 0.0973. The molecular formula is C17H18FNO3S. The van der Waals surface area contributed by atoms with Gasteiger partial charge in [0, 0.05) is 6.54 Å². The van der Waals surface area contributed by atoms with E-state index in [0.29, 0.717) is 12.1 Å². The molecule has 0 saturated carbocycles. The van der Waals surface area contributed by atoms with Gasteiger partial charge in [0.2, 0.25) is 5.91 Å². The smallest absolute Gasteiger partial charge is 0.224 e. The highest BCUT2D eigenvalue weighted by molar-refractivity contribution is 7.91. The average Bonchev–Trinajstić information content (AvgIpc) is 2.53. The van der Waals surface area contributed by atoms with E-state index in [0.717, 1.165) is 5.56 Å². The zero-order valence-electron chi connectivity index (χ0n) is 12.8. The molecule has 122 valence electrons. The van der Waals surface area contributed by atoms with E-state index >= 15 is 0 Å². The number of sulfone groups is 1. The SMILES string of the molecule is CCS(=O)(=O)c1ccc(CNC(=O)Cc2cccc(F)c2)cc1. The van der Waals surface area contributed by atoms with Crippen molar-refractivity contribution < 1.29 is 17.6 Å². The number of nitrogens with one attached hydrogen (secondary N) is 1. The van der Waals surface area contributed by atoms with Gasteiger partial charge in [0.1, 0.15) is 5.82 Å². The second-order valence-corrected chi connectivity index (χ2v) is 7.41. The molecule has 0 bridgehead atoms. The third-order valence-corrected chi connectivity index (χ3v) is 5.16. The van der Waals surface area contributed by atoms with Crippen LogP contribution in [0.1, 0.15) is 18.1 Å². The molecule has 0 aliphatic rings. The molecule has 0 aromatic heterocycles. The minimum Gasteiger partial charge on any atom is -0.352 e. The van der Waals surface area contributed by atoms with Crippen LogP contribution in [0.15, 0.2) is 53.4 Å². The molecule has 0 spiro atoms. The van der Waals surface area contributed by atoms with E-state index in [1.165, 1.54) is 24.3 Å². The van der Waals surface area contributed by atoms with E-state index < -0.39 is 9.84 Å². The van der Waals surface area contributed by atoms with Gasteiger partial charge in [-0.25, -0.2) is 12.8 Å². The molecule has 0 unspecified atom stereocenters.